The van der Waals surface area contributed by atoms with E-state index in [1.54, 1.807) is 0 Å². The van der Waals surface area contributed by atoms with Crippen molar-refractivity contribution in [3.05, 3.63) is 13.2 Å². The van der Waals surface area contributed by atoms with Crippen molar-refractivity contribution >= 4 is 11.9 Å². The normalized spacial score (nSPS) is 20.3. The molecule has 0 atom stereocenters. The van der Waals surface area contributed by atoms with Crippen molar-refractivity contribution in [2.45, 2.75) is 85.7 Å². The van der Waals surface area contributed by atoms with Gasteiger partial charge in [0.1, 0.15) is 6.61 Å². The summed E-state index contributed by atoms with van der Waals surface area (Å²) < 4.78 is 15.9. The molecule has 0 unspecified atom stereocenters. The van der Waals surface area contributed by atoms with Gasteiger partial charge in [-0.1, -0.05) is 34.6 Å². The van der Waals surface area contributed by atoms with E-state index < -0.39 is 0 Å². The van der Waals surface area contributed by atoms with E-state index >= 15 is 0 Å². The minimum Gasteiger partial charge on any atom is -0.465 e. The average Bonchev–Trinajstić information content (AvgIpc) is 3.58. The first-order chi connectivity index (χ1) is 13.2. The molecule has 0 N–H and O–H groups in total. The van der Waals surface area contributed by atoms with Gasteiger partial charge in [0.15, 0.2) is 0 Å². The Hall–Kier alpha value is -1.36. The molecule has 0 spiro atoms. The van der Waals surface area contributed by atoms with Gasteiger partial charge in [-0.2, -0.15) is 0 Å². The second-order valence-corrected chi connectivity index (χ2v) is 6.08. The highest BCUT2D eigenvalue weighted by atomic mass is 16.6. The van der Waals surface area contributed by atoms with Crippen LogP contribution in [0.15, 0.2) is 13.2 Å². The van der Waals surface area contributed by atoms with Crippen LogP contribution in [0.25, 0.3) is 0 Å². The van der Waals surface area contributed by atoms with Crippen molar-refractivity contribution in [2.24, 2.45) is 11.8 Å². The van der Waals surface area contributed by atoms with Crippen molar-refractivity contribution in [2.75, 3.05) is 19.8 Å². The molecule has 0 aromatic carbocycles. The molecule has 2 aliphatic rings. The van der Waals surface area contributed by atoms with Crippen molar-refractivity contribution in [1.82, 2.24) is 0 Å². The maximum absolute atomic E-state index is 11.7. The largest absolute Gasteiger partial charge is 0.465 e. The lowest BCUT2D eigenvalue weighted by Gasteiger charge is -2.27. The summed E-state index contributed by atoms with van der Waals surface area (Å²) in [6, 6.07) is 0. The molecule has 0 amide bonds. The summed E-state index contributed by atoms with van der Waals surface area (Å²) in [4.78, 5) is 23.2. The van der Waals surface area contributed by atoms with E-state index in [4.69, 9.17) is 14.2 Å². The van der Waals surface area contributed by atoms with Crippen LogP contribution in [0.4, 0.5) is 0 Å². The summed E-state index contributed by atoms with van der Waals surface area (Å²) in [5, 5.41) is 0. The molecule has 0 aromatic heterocycles. The molecule has 2 aliphatic carbocycles. The fraction of sp³-hybridized carbons (Fsp3) is 0.818. The number of esters is 2. The Morgan fingerprint density at radius 2 is 1.44 bits per heavy atom. The Labute approximate surface area is 166 Å². The van der Waals surface area contributed by atoms with Crippen LogP contribution in [0.2, 0.25) is 0 Å². The molecule has 0 aromatic rings. The smallest absolute Gasteiger partial charge is 0.332 e. The van der Waals surface area contributed by atoms with Crippen LogP contribution in [0, 0.1) is 11.8 Å². The van der Waals surface area contributed by atoms with E-state index in [9.17, 15) is 9.59 Å². The standard InChI is InChI=1S/C16H26O5.2C2H6.C2H4/c1-2-9-19-16(18)13-5-7-14(8-6-13)20-11-15(17)21-10-12-3-4-12;3*1-2/h12-14H,2-11H2,1H3;2*1-2H3;1-2H2. The van der Waals surface area contributed by atoms with Gasteiger partial charge in [-0.3, -0.25) is 4.79 Å². The second-order valence-electron chi connectivity index (χ2n) is 6.08. The summed E-state index contributed by atoms with van der Waals surface area (Å²) in [5.74, 6) is 0.224. The maximum atomic E-state index is 11.7. The van der Waals surface area contributed by atoms with Crippen LogP contribution < -0.4 is 0 Å². The number of carbonyl (C=O) groups excluding carboxylic acids is 2. The molecule has 0 radical (unpaired) electrons. The number of rotatable bonds is 8. The molecular formula is C22H42O5. The Balaban J connectivity index is 0. The van der Waals surface area contributed by atoms with Gasteiger partial charge in [0, 0.05) is 0 Å². The molecule has 0 bridgehead atoms. The zero-order valence-corrected chi connectivity index (χ0v) is 18.3. The summed E-state index contributed by atoms with van der Waals surface area (Å²) in [5.41, 5.74) is 0. The van der Waals surface area contributed by atoms with Gasteiger partial charge in [-0.05, 0) is 50.9 Å². The van der Waals surface area contributed by atoms with Crippen LogP contribution in [0.5, 0.6) is 0 Å². The van der Waals surface area contributed by atoms with Gasteiger partial charge in [0.2, 0.25) is 0 Å². The fourth-order valence-electron chi connectivity index (χ4n) is 2.51. The molecule has 0 heterocycles. The van der Waals surface area contributed by atoms with Crippen molar-refractivity contribution in [3.8, 4) is 0 Å². The van der Waals surface area contributed by atoms with E-state index in [-0.39, 0.29) is 30.6 Å². The number of hydrogen-bond acceptors (Lipinski definition) is 5. The maximum Gasteiger partial charge on any atom is 0.332 e. The van der Waals surface area contributed by atoms with Crippen LogP contribution in [-0.4, -0.2) is 37.9 Å². The molecule has 2 saturated carbocycles. The van der Waals surface area contributed by atoms with E-state index in [1.165, 1.54) is 12.8 Å². The van der Waals surface area contributed by atoms with Crippen molar-refractivity contribution in [3.63, 3.8) is 0 Å². The van der Waals surface area contributed by atoms with Gasteiger partial charge in [-0.25, -0.2) is 4.79 Å². The minimum atomic E-state index is -0.272. The lowest BCUT2D eigenvalue weighted by atomic mass is 9.87. The molecule has 2 fully saturated rings. The fourth-order valence-corrected chi connectivity index (χ4v) is 2.51. The summed E-state index contributed by atoms with van der Waals surface area (Å²) in [6.07, 6.45) is 6.44. The first kappa shape index (κ1) is 27.9. The third kappa shape index (κ3) is 14.4. The van der Waals surface area contributed by atoms with Crippen molar-refractivity contribution in [1.29, 1.82) is 0 Å². The molecule has 160 valence electrons. The zero-order valence-electron chi connectivity index (χ0n) is 18.3. The molecule has 0 saturated heterocycles. The van der Waals surface area contributed by atoms with Gasteiger partial charge in [-0.15, -0.1) is 13.2 Å². The highest BCUT2D eigenvalue weighted by Gasteiger charge is 2.28. The van der Waals surface area contributed by atoms with Gasteiger partial charge in [0.05, 0.1) is 25.2 Å². The monoisotopic (exact) mass is 386 g/mol. The Morgan fingerprint density at radius 1 is 0.889 bits per heavy atom. The summed E-state index contributed by atoms with van der Waals surface area (Å²) >= 11 is 0. The quantitative estimate of drug-likeness (QED) is 0.417. The minimum absolute atomic E-state index is 0.00165. The number of carbonyl (C=O) groups is 2. The topological polar surface area (TPSA) is 61.8 Å². The lowest BCUT2D eigenvalue weighted by Crippen LogP contribution is -2.29. The molecule has 5 heteroatoms. The van der Waals surface area contributed by atoms with E-state index in [0.717, 1.165) is 32.1 Å². The Bertz CT molecular complexity index is 358. The van der Waals surface area contributed by atoms with Crippen molar-refractivity contribution < 1.29 is 23.8 Å². The van der Waals surface area contributed by atoms with Crippen LogP contribution in [0.3, 0.4) is 0 Å². The predicted molar refractivity (Wildman–Crippen MR) is 111 cm³/mol. The van der Waals surface area contributed by atoms with E-state index in [0.29, 0.717) is 19.1 Å². The van der Waals surface area contributed by atoms with Crippen LogP contribution in [-0.2, 0) is 23.8 Å². The first-order valence-corrected chi connectivity index (χ1v) is 10.6. The predicted octanol–water partition coefficient (Wildman–Crippen LogP) is 5.32. The molecule has 2 rings (SSSR count). The number of hydrogen-bond donors (Lipinski definition) is 0. The molecule has 5 nitrogen and oxygen atoms in total. The lowest BCUT2D eigenvalue weighted by molar-refractivity contribution is -0.155. The zero-order chi connectivity index (χ0) is 21.1. The molecular weight excluding hydrogens is 344 g/mol. The summed E-state index contributed by atoms with van der Waals surface area (Å²) in [7, 11) is 0. The molecule has 0 aliphatic heterocycles. The third-order valence-electron chi connectivity index (χ3n) is 4.07. The highest BCUT2D eigenvalue weighted by molar-refractivity contribution is 5.72. The van der Waals surface area contributed by atoms with E-state index in [1.807, 2.05) is 34.6 Å². The van der Waals surface area contributed by atoms with Crippen LogP contribution in [0.1, 0.15) is 79.6 Å². The first-order valence-electron chi connectivity index (χ1n) is 10.6. The van der Waals surface area contributed by atoms with E-state index in [2.05, 4.69) is 13.2 Å². The average molecular weight is 387 g/mol. The highest BCUT2D eigenvalue weighted by Crippen LogP contribution is 2.29. The Morgan fingerprint density at radius 3 is 1.93 bits per heavy atom. The Kier molecular flexibility index (Phi) is 20.0. The second kappa shape index (κ2) is 19.4. The van der Waals surface area contributed by atoms with Gasteiger partial charge in [0.25, 0.3) is 0 Å². The number of ether oxygens (including phenoxy) is 3. The third-order valence-corrected chi connectivity index (χ3v) is 4.07. The van der Waals surface area contributed by atoms with Gasteiger partial charge >= 0.3 is 11.9 Å². The summed E-state index contributed by atoms with van der Waals surface area (Å²) in [6.45, 7) is 17.1. The van der Waals surface area contributed by atoms with Crippen LogP contribution >= 0.6 is 0 Å². The van der Waals surface area contributed by atoms with Gasteiger partial charge < -0.3 is 14.2 Å². The SMILES string of the molecule is C=C.CC.CC.CCCOC(=O)C1CCC(OCC(=O)OCC2CC2)CC1. The molecule has 27 heavy (non-hydrogen) atoms.